The normalized spacial score (nSPS) is 12.2. The lowest BCUT2D eigenvalue weighted by atomic mass is 10.1. The summed E-state index contributed by atoms with van der Waals surface area (Å²) in [5.41, 5.74) is 2.48. The van der Waals surface area contributed by atoms with Crippen LogP contribution in [0.2, 0.25) is 5.02 Å². The summed E-state index contributed by atoms with van der Waals surface area (Å²) in [6.07, 6.45) is 3.26. The molecule has 1 N–H and O–H groups in total. The Morgan fingerprint density at radius 3 is 2.65 bits per heavy atom. The number of nitrogens with zero attached hydrogens (tertiary/aromatic N) is 3. The summed E-state index contributed by atoms with van der Waals surface area (Å²) in [6.45, 7) is 0.512. The molecule has 6 heteroatoms. The zero-order chi connectivity index (χ0) is 18.5. The number of benzene rings is 2. The number of nitrogens with one attached hydrogen (secondary N) is 1. The third-order valence-electron chi connectivity index (χ3n) is 4.18. The fraction of sp³-hybridized carbons (Fsp3) is 0.200. The minimum Gasteiger partial charge on any atom is -0.350 e. The molecular weight excluding hydrogens is 348 g/mol. The van der Waals surface area contributed by atoms with E-state index in [1.807, 2.05) is 44.4 Å². The van der Waals surface area contributed by atoms with Crippen molar-refractivity contribution < 1.29 is 4.79 Å². The first-order valence-corrected chi connectivity index (χ1v) is 8.72. The van der Waals surface area contributed by atoms with E-state index in [4.69, 9.17) is 11.6 Å². The number of amides is 1. The summed E-state index contributed by atoms with van der Waals surface area (Å²) in [6, 6.07) is 17.6. The fourth-order valence-electron chi connectivity index (χ4n) is 2.77. The standard InChI is InChI=1S/C20H21ClN4O/c1-24(2)19(15-7-4-3-5-8-15)13-22-20(26)16-12-23-25(14-16)18-10-6-9-17(21)11-18/h3-12,14,19H,13H2,1-2H3,(H,22,26). The van der Waals surface area contributed by atoms with E-state index >= 15 is 0 Å². The molecule has 26 heavy (non-hydrogen) atoms. The van der Waals surface area contributed by atoms with Gasteiger partial charge in [0.25, 0.3) is 5.91 Å². The SMILES string of the molecule is CN(C)C(CNC(=O)c1cnn(-c2cccc(Cl)c2)c1)c1ccccc1. The summed E-state index contributed by atoms with van der Waals surface area (Å²) in [7, 11) is 4.00. The van der Waals surface area contributed by atoms with Crippen molar-refractivity contribution >= 4 is 17.5 Å². The van der Waals surface area contributed by atoms with E-state index in [2.05, 4.69) is 27.4 Å². The van der Waals surface area contributed by atoms with Gasteiger partial charge in [-0.15, -0.1) is 0 Å². The number of halogens is 1. The molecule has 134 valence electrons. The largest absolute Gasteiger partial charge is 0.350 e. The van der Waals surface area contributed by atoms with E-state index in [1.54, 1.807) is 29.2 Å². The van der Waals surface area contributed by atoms with Gasteiger partial charge >= 0.3 is 0 Å². The molecule has 1 atom stereocenters. The molecule has 0 saturated heterocycles. The Labute approximate surface area is 158 Å². The van der Waals surface area contributed by atoms with Crippen molar-refractivity contribution in [3.05, 3.63) is 83.1 Å². The van der Waals surface area contributed by atoms with Gasteiger partial charge in [0.15, 0.2) is 0 Å². The van der Waals surface area contributed by atoms with E-state index in [0.717, 1.165) is 11.3 Å². The molecule has 0 aliphatic carbocycles. The number of carbonyl (C=O) groups excluding carboxylic acids is 1. The second kappa shape index (κ2) is 8.17. The predicted octanol–water partition coefficient (Wildman–Crippen LogP) is 3.56. The zero-order valence-electron chi connectivity index (χ0n) is 14.8. The lowest BCUT2D eigenvalue weighted by Crippen LogP contribution is -2.34. The van der Waals surface area contributed by atoms with Crippen LogP contribution >= 0.6 is 11.6 Å². The molecule has 0 aliphatic heterocycles. The van der Waals surface area contributed by atoms with Crippen LogP contribution in [0.1, 0.15) is 22.0 Å². The number of aromatic nitrogens is 2. The molecule has 0 fully saturated rings. The summed E-state index contributed by atoms with van der Waals surface area (Å²) in [4.78, 5) is 14.6. The maximum atomic E-state index is 12.5. The van der Waals surface area contributed by atoms with Crippen LogP contribution < -0.4 is 5.32 Å². The first-order valence-electron chi connectivity index (χ1n) is 8.35. The number of hydrogen-bond donors (Lipinski definition) is 1. The molecule has 2 aromatic carbocycles. The molecule has 3 rings (SSSR count). The average Bonchev–Trinajstić information content (AvgIpc) is 3.13. The van der Waals surface area contributed by atoms with E-state index in [0.29, 0.717) is 17.1 Å². The van der Waals surface area contributed by atoms with Crippen molar-refractivity contribution in [2.45, 2.75) is 6.04 Å². The Kier molecular flexibility index (Phi) is 5.71. The summed E-state index contributed by atoms with van der Waals surface area (Å²) >= 11 is 6.01. The molecule has 1 unspecified atom stereocenters. The topological polar surface area (TPSA) is 50.2 Å². The second-order valence-electron chi connectivity index (χ2n) is 6.25. The van der Waals surface area contributed by atoms with Crippen molar-refractivity contribution in [3.63, 3.8) is 0 Å². The molecule has 3 aromatic rings. The highest BCUT2D eigenvalue weighted by atomic mass is 35.5. The third kappa shape index (κ3) is 4.31. The third-order valence-corrected chi connectivity index (χ3v) is 4.42. The summed E-state index contributed by atoms with van der Waals surface area (Å²) in [5, 5.41) is 7.88. The van der Waals surface area contributed by atoms with Crippen LogP contribution in [-0.4, -0.2) is 41.2 Å². The Morgan fingerprint density at radius 1 is 1.19 bits per heavy atom. The molecule has 1 heterocycles. The van der Waals surface area contributed by atoms with Crippen molar-refractivity contribution in [1.29, 1.82) is 0 Å². The van der Waals surface area contributed by atoms with Gasteiger partial charge in [-0.2, -0.15) is 5.10 Å². The van der Waals surface area contributed by atoms with Crippen LogP contribution in [0.15, 0.2) is 67.0 Å². The Balaban J connectivity index is 1.68. The van der Waals surface area contributed by atoms with Crippen LogP contribution in [-0.2, 0) is 0 Å². The molecule has 1 aromatic heterocycles. The number of hydrogen-bond acceptors (Lipinski definition) is 3. The van der Waals surface area contributed by atoms with Crippen LogP contribution in [0.5, 0.6) is 0 Å². The van der Waals surface area contributed by atoms with Gasteiger partial charge in [0.2, 0.25) is 0 Å². The van der Waals surface area contributed by atoms with Crippen molar-refractivity contribution in [2.75, 3.05) is 20.6 Å². The zero-order valence-corrected chi connectivity index (χ0v) is 15.5. The lowest BCUT2D eigenvalue weighted by Gasteiger charge is -2.25. The Morgan fingerprint density at radius 2 is 1.96 bits per heavy atom. The minimum atomic E-state index is -0.152. The number of likely N-dealkylation sites (N-methyl/N-ethyl adjacent to an activating group) is 1. The quantitative estimate of drug-likeness (QED) is 0.723. The predicted molar refractivity (Wildman–Crippen MR) is 104 cm³/mol. The first-order chi connectivity index (χ1) is 12.5. The van der Waals surface area contributed by atoms with Gasteiger partial charge in [-0.3, -0.25) is 4.79 Å². The highest BCUT2D eigenvalue weighted by Gasteiger charge is 2.16. The smallest absolute Gasteiger partial charge is 0.254 e. The molecule has 0 spiro atoms. The van der Waals surface area contributed by atoms with Gasteiger partial charge in [-0.25, -0.2) is 4.68 Å². The highest BCUT2D eigenvalue weighted by molar-refractivity contribution is 6.30. The number of carbonyl (C=O) groups is 1. The maximum Gasteiger partial charge on any atom is 0.254 e. The van der Waals surface area contributed by atoms with Gasteiger partial charge in [0.1, 0.15) is 0 Å². The molecule has 0 saturated carbocycles. The molecule has 0 radical (unpaired) electrons. The Hall–Kier alpha value is -2.63. The fourth-order valence-corrected chi connectivity index (χ4v) is 2.95. The van der Waals surface area contributed by atoms with Gasteiger partial charge in [-0.1, -0.05) is 48.0 Å². The average molecular weight is 369 g/mol. The Bertz CT molecular complexity index is 876. The summed E-state index contributed by atoms with van der Waals surface area (Å²) < 4.78 is 1.64. The van der Waals surface area contributed by atoms with Crippen molar-refractivity contribution in [1.82, 2.24) is 20.0 Å². The van der Waals surface area contributed by atoms with Crippen LogP contribution in [0.25, 0.3) is 5.69 Å². The van der Waals surface area contributed by atoms with E-state index in [-0.39, 0.29) is 11.9 Å². The van der Waals surface area contributed by atoms with E-state index in [1.165, 1.54) is 0 Å². The molecule has 1 amide bonds. The highest BCUT2D eigenvalue weighted by Crippen LogP contribution is 2.17. The van der Waals surface area contributed by atoms with Crippen molar-refractivity contribution in [3.8, 4) is 5.69 Å². The minimum absolute atomic E-state index is 0.100. The van der Waals surface area contributed by atoms with Crippen LogP contribution in [0.3, 0.4) is 0 Å². The van der Waals surface area contributed by atoms with Gasteiger partial charge in [-0.05, 0) is 37.9 Å². The molecule has 5 nitrogen and oxygen atoms in total. The molecular formula is C20H21ClN4O. The molecule has 0 bridgehead atoms. The lowest BCUT2D eigenvalue weighted by molar-refractivity contribution is 0.0942. The van der Waals surface area contributed by atoms with Gasteiger partial charge in [0.05, 0.1) is 23.5 Å². The van der Waals surface area contributed by atoms with Gasteiger partial charge < -0.3 is 10.2 Å². The van der Waals surface area contributed by atoms with Gasteiger partial charge in [0, 0.05) is 17.8 Å². The summed E-state index contributed by atoms with van der Waals surface area (Å²) in [5.74, 6) is -0.152. The van der Waals surface area contributed by atoms with Crippen LogP contribution in [0.4, 0.5) is 0 Å². The van der Waals surface area contributed by atoms with Crippen LogP contribution in [0, 0.1) is 0 Å². The maximum absolute atomic E-state index is 12.5. The van der Waals surface area contributed by atoms with E-state index < -0.39 is 0 Å². The first kappa shape index (κ1) is 18.2. The molecule has 0 aliphatic rings. The monoisotopic (exact) mass is 368 g/mol. The second-order valence-corrected chi connectivity index (χ2v) is 6.69. The number of rotatable bonds is 6. The van der Waals surface area contributed by atoms with Crippen molar-refractivity contribution in [2.24, 2.45) is 0 Å². The van der Waals surface area contributed by atoms with E-state index in [9.17, 15) is 4.79 Å².